The number of benzene rings is 2. The molecule has 0 aliphatic carbocycles. The lowest BCUT2D eigenvalue weighted by molar-refractivity contribution is -0.122. The molecule has 2 amide bonds. The van der Waals surface area contributed by atoms with Gasteiger partial charge in [-0.1, -0.05) is 18.2 Å². The van der Waals surface area contributed by atoms with E-state index < -0.39 is 17.8 Å². The molecule has 0 radical (unpaired) electrons. The van der Waals surface area contributed by atoms with Gasteiger partial charge in [0.1, 0.15) is 11.6 Å². The van der Waals surface area contributed by atoms with Gasteiger partial charge in [-0.15, -0.1) is 0 Å². The van der Waals surface area contributed by atoms with Gasteiger partial charge in [-0.2, -0.15) is 0 Å². The van der Waals surface area contributed by atoms with Crippen molar-refractivity contribution in [1.82, 2.24) is 4.90 Å². The number of rotatable bonds is 7. The number of carbonyl (C=O) groups is 2. The molecule has 0 aromatic heterocycles. The molecular formula is C19H22FN3O3. The number of halogens is 1. The van der Waals surface area contributed by atoms with Gasteiger partial charge in [0.25, 0.3) is 0 Å². The second kappa shape index (κ2) is 8.96. The molecule has 2 rings (SSSR count). The quantitative estimate of drug-likeness (QED) is 0.797. The van der Waals surface area contributed by atoms with Crippen LogP contribution in [0.3, 0.4) is 0 Å². The van der Waals surface area contributed by atoms with Crippen molar-refractivity contribution >= 4 is 23.2 Å². The van der Waals surface area contributed by atoms with E-state index in [2.05, 4.69) is 10.6 Å². The monoisotopic (exact) mass is 359 g/mol. The Labute approximate surface area is 152 Å². The Balaban J connectivity index is 1.90. The van der Waals surface area contributed by atoms with E-state index in [1.54, 1.807) is 62.4 Å². The van der Waals surface area contributed by atoms with E-state index in [1.165, 1.54) is 12.1 Å². The highest BCUT2D eigenvalue weighted by Crippen LogP contribution is 2.17. The van der Waals surface area contributed by atoms with Crippen molar-refractivity contribution in [3.8, 4) is 5.75 Å². The SMILES string of the molecule is COc1cccc(NC(=O)CN(C)[C@H](C)C(=O)Nc2ccccc2F)c1. The summed E-state index contributed by atoms with van der Waals surface area (Å²) in [5, 5.41) is 5.27. The van der Waals surface area contributed by atoms with Crippen LogP contribution >= 0.6 is 0 Å². The molecule has 0 heterocycles. The summed E-state index contributed by atoms with van der Waals surface area (Å²) in [6, 6.07) is 12.3. The summed E-state index contributed by atoms with van der Waals surface area (Å²) in [6.45, 7) is 1.65. The van der Waals surface area contributed by atoms with E-state index in [4.69, 9.17) is 4.74 Å². The lowest BCUT2D eigenvalue weighted by atomic mass is 10.2. The van der Waals surface area contributed by atoms with Crippen LogP contribution in [0.1, 0.15) is 6.92 Å². The normalized spacial score (nSPS) is 11.7. The predicted octanol–water partition coefficient (Wildman–Crippen LogP) is 2.73. The van der Waals surface area contributed by atoms with Gasteiger partial charge in [-0.05, 0) is 38.2 Å². The van der Waals surface area contributed by atoms with E-state index >= 15 is 0 Å². The third kappa shape index (κ3) is 5.29. The number of hydrogen-bond donors (Lipinski definition) is 2. The summed E-state index contributed by atoms with van der Waals surface area (Å²) >= 11 is 0. The van der Waals surface area contributed by atoms with Crippen LogP contribution in [-0.2, 0) is 9.59 Å². The minimum atomic E-state index is -0.620. The first-order valence-electron chi connectivity index (χ1n) is 8.10. The Kier molecular flexibility index (Phi) is 6.68. The maximum Gasteiger partial charge on any atom is 0.241 e. The number of para-hydroxylation sites is 1. The molecule has 0 aliphatic heterocycles. The van der Waals surface area contributed by atoms with Gasteiger partial charge in [0.15, 0.2) is 0 Å². The van der Waals surface area contributed by atoms with Crippen molar-refractivity contribution < 1.29 is 18.7 Å². The van der Waals surface area contributed by atoms with Crippen molar-refractivity contribution in [2.45, 2.75) is 13.0 Å². The molecular weight excluding hydrogens is 337 g/mol. The van der Waals surface area contributed by atoms with Gasteiger partial charge in [0, 0.05) is 11.8 Å². The molecule has 7 heteroatoms. The number of hydrogen-bond acceptors (Lipinski definition) is 4. The minimum absolute atomic E-state index is 0.00304. The van der Waals surface area contributed by atoms with Gasteiger partial charge < -0.3 is 15.4 Å². The largest absolute Gasteiger partial charge is 0.497 e. The molecule has 0 fully saturated rings. The number of nitrogens with one attached hydrogen (secondary N) is 2. The standard InChI is InChI=1S/C19H22FN3O3/c1-13(19(25)22-17-10-5-4-9-16(17)20)23(2)12-18(24)21-14-7-6-8-15(11-14)26-3/h4-11,13H,12H2,1-3H3,(H,21,24)(H,22,25)/t13-/m1/s1. The second-order valence-electron chi connectivity index (χ2n) is 5.84. The zero-order chi connectivity index (χ0) is 19.1. The Morgan fingerprint density at radius 2 is 1.88 bits per heavy atom. The predicted molar refractivity (Wildman–Crippen MR) is 98.7 cm³/mol. The first-order chi connectivity index (χ1) is 12.4. The first kappa shape index (κ1) is 19.4. The Morgan fingerprint density at radius 3 is 2.58 bits per heavy atom. The lowest BCUT2D eigenvalue weighted by Gasteiger charge is -2.23. The fraction of sp³-hybridized carbons (Fsp3) is 0.263. The van der Waals surface area contributed by atoms with Crippen LogP contribution in [-0.4, -0.2) is 43.5 Å². The molecule has 0 bridgehead atoms. The molecule has 0 aliphatic rings. The van der Waals surface area contributed by atoms with Crippen LogP contribution in [0.2, 0.25) is 0 Å². The van der Waals surface area contributed by atoms with Crippen molar-refractivity contribution in [2.75, 3.05) is 31.3 Å². The zero-order valence-electron chi connectivity index (χ0n) is 15.0. The number of anilines is 2. The van der Waals surface area contributed by atoms with Gasteiger partial charge >= 0.3 is 0 Å². The minimum Gasteiger partial charge on any atom is -0.497 e. The van der Waals surface area contributed by atoms with Crippen LogP contribution in [0.15, 0.2) is 48.5 Å². The fourth-order valence-electron chi connectivity index (χ4n) is 2.26. The van der Waals surface area contributed by atoms with Gasteiger partial charge in [-0.3, -0.25) is 14.5 Å². The molecule has 0 unspecified atom stereocenters. The van der Waals surface area contributed by atoms with Crippen LogP contribution in [0.4, 0.5) is 15.8 Å². The number of nitrogens with zero attached hydrogens (tertiary/aromatic N) is 1. The molecule has 6 nitrogen and oxygen atoms in total. The average Bonchev–Trinajstić information content (AvgIpc) is 2.62. The summed E-state index contributed by atoms with van der Waals surface area (Å²) in [4.78, 5) is 26.0. The van der Waals surface area contributed by atoms with Crippen LogP contribution in [0.5, 0.6) is 5.75 Å². The lowest BCUT2D eigenvalue weighted by Crippen LogP contribution is -2.43. The molecule has 1 atom stereocenters. The molecule has 2 aromatic rings. The fourth-order valence-corrected chi connectivity index (χ4v) is 2.26. The van der Waals surface area contributed by atoms with Crippen molar-refractivity contribution in [3.05, 3.63) is 54.3 Å². The number of carbonyl (C=O) groups excluding carboxylic acids is 2. The van der Waals surface area contributed by atoms with Gasteiger partial charge in [-0.25, -0.2) is 4.39 Å². The smallest absolute Gasteiger partial charge is 0.241 e. The average molecular weight is 359 g/mol. The number of methoxy groups -OCH3 is 1. The summed E-state index contributed by atoms with van der Waals surface area (Å²) < 4.78 is 18.7. The summed E-state index contributed by atoms with van der Waals surface area (Å²) in [7, 11) is 3.20. The molecule has 2 N–H and O–H groups in total. The first-order valence-corrected chi connectivity index (χ1v) is 8.10. The number of ether oxygens (including phenoxy) is 1. The van der Waals surface area contributed by atoms with Crippen LogP contribution in [0, 0.1) is 5.82 Å². The molecule has 0 saturated carbocycles. The zero-order valence-corrected chi connectivity index (χ0v) is 15.0. The summed E-state index contributed by atoms with van der Waals surface area (Å²) in [5.41, 5.74) is 0.713. The van der Waals surface area contributed by atoms with Gasteiger partial charge in [0.05, 0.1) is 25.4 Å². The third-order valence-electron chi connectivity index (χ3n) is 3.92. The van der Waals surface area contributed by atoms with Gasteiger partial charge in [0.2, 0.25) is 11.8 Å². The third-order valence-corrected chi connectivity index (χ3v) is 3.92. The summed E-state index contributed by atoms with van der Waals surface area (Å²) in [6.07, 6.45) is 0. The highest BCUT2D eigenvalue weighted by molar-refractivity contribution is 5.96. The molecule has 26 heavy (non-hydrogen) atoms. The Hall–Kier alpha value is -2.93. The Bertz CT molecular complexity index is 782. The van der Waals surface area contributed by atoms with Crippen LogP contribution < -0.4 is 15.4 Å². The highest BCUT2D eigenvalue weighted by Gasteiger charge is 2.21. The van der Waals surface area contributed by atoms with E-state index in [0.717, 1.165) is 0 Å². The second-order valence-corrected chi connectivity index (χ2v) is 5.84. The molecule has 138 valence electrons. The van der Waals surface area contributed by atoms with Crippen molar-refractivity contribution in [1.29, 1.82) is 0 Å². The van der Waals surface area contributed by atoms with E-state index in [9.17, 15) is 14.0 Å². The molecule has 0 spiro atoms. The van der Waals surface area contributed by atoms with Crippen molar-refractivity contribution in [2.24, 2.45) is 0 Å². The maximum absolute atomic E-state index is 13.6. The molecule has 0 saturated heterocycles. The molecule has 2 aromatic carbocycles. The number of amides is 2. The maximum atomic E-state index is 13.6. The summed E-state index contributed by atoms with van der Waals surface area (Å²) in [5.74, 6) is -0.543. The van der Waals surface area contributed by atoms with Crippen molar-refractivity contribution in [3.63, 3.8) is 0 Å². The van der Waals surface area contributed by atoms with Crippen LogP contribution in [0.25, 0.3) is 0 Å². The van der Waals surface area contributed by atoms with E-state index in [1.807, 2.05) is 0 Å². The topological polar surface area (TPSA) is 70.7 Å². The van der Waals surface area contributed by atoms with E-state index in [0.29, 0.717) is 11.4 Å². The Morgan fingerprint density at radius 1 is 1.15 bits per heavy atom. The highest BCUT2D eigenvalue weighted by atomic mass is 19.1. The number of likely N-dealkylation sites (N-methyl/N-ethyl adjacent to an activating group) is 1. The van der Waals surface area contributed by atoms with E-state index in [-0.39, 0.29) is 18.1 Å².